The number of pyridine rings is 1. The molecule has 1 heterocycles. The van der Waals surface area contributed by atoms with Crippen LogP contribution in [0.2, 0.25) is 0 Å². The van der Waals surface area contributed by atoms with Gasteiger partial charge in [0.25, 0.3) is 0 Å². The van der Waals surface area contributed by atoms with Crippen molar-refractivity contribution in [3.05, 3.63) is 29.3 Å². The van der Waals surface area contributed by atoms with Crippen LogP contribution >= 0.6 is 11.8 Å². The summed E-state index contributed by atoms with van der Waals surface area (Å²) in [5.41, 5.74) is 0.194. The van der Waals surface area contributed by atoms with E-state index in [1.54, 1.807) is 0 Å². The van der Waals surface area contributed by atoms with Gasteiger partial charge in [0.15, 0.2) is 11.4 Å². The summed E-state index contributed by atoms with van der Waals surface area (Å²) >= 11 is 1.18. The second kappa shape index (κ2) is 6.81. The van der Waals surface area contributed by atoms with Crippen molar-refractivity contribution in [1.29, 1.82) is 0 Å². The summed E-state index contributed by atoms with van der Waals surface area (Å²) in [5, 5.41) is 0.0373. The molecule has 0 radical (unpaired) electrons. The van der Waals surface area contributed by atoms with Crippen LogP contribution in [-0.4, -0.2) is 22.1 Å². The molecular formula is C12H10FNO2S. The molecule has 3 nitrogen and oxygen atoms in total. The fraction of sp³-hybridized carbons (Fsp3) is 0.250. The number of thioether (sulfide) groups is 1. The van der Waals surface area contributed by atoms with Crippen molar-refractivity contribution < 1.29 is 14.0 Å². The summed E-state index contributed by atoms with van der Waals surface area (Å²) in [5.74, 6) is 5.25. The monoisotopic (exact) mass is 251 g/mol. The molecule has 0 saturated carbocycles. The lowest BCUT2D eigenvalue weighted by Gasteiger charge is -1.96. The maximum absolute atomic E-state index is 13.1. The average Bonchev–Trinajstić information content (AvgIpc) is 2.28. The quantitative estimate of drug-likeness (QED) is 0.357. The van der Waals surface area contributed by atoms with E-state index in [9.17, 15) is 14.0 Å². The van der Waals surface area contributed by atoms with Gasteiger partial charge < -0.3 is 0 Å². The molecule has 0 atom stereocenters. The van der Waals surface area contributed by atoms with Crippen LogP contribution in [-0.2, 0) is 4.79 Å². The Labute approximate surface area is 103 Å². The maximum Gasteiger partial charge on any atom is 0.224 e. The summed E-state index contributed by atoms with van der Waals surface area (Å²) in [6.07, 6.45) is 2.17. The molecule has 0 saturated heterocycles. The zero-order chi connectivity index (χ0) is 12.7. The zero-order valence-corrected chi connectivity index (χ0v) is 10.0. The standard InChI is InChI=1S/C12H10FNO2S/c1-9(16)17-7-3-2-4-10-5-6-14-12(13)11(10)8-15/h5-6,8H,3,7H2,1H3. The molecule has 0 aliphatic rings. The lowest BCUT2D eigenvalue weighted by Crippen LogP contribution is -1.95. The summed E-state index contributed by atoms with van der Waals surface area (Å²) in [6, 6.07) is 1.48. The van der Waals surface area contributed by atoms with E-state index in [-0.39, 0.29) is 10.7 Å². The molecule has 17 heavy (non-hydrogen) atoms. The van der Waals surface area contributed by atoms with Gasteiger partial charge in [-0.05, 0) is 6.07 Å². The van der Waals surface area contributed by atoms with E-state index in [0.29, 0.717) is 24.0 Å². The molecule has 1 aromatic heterocycles. The maximum atomic E-state index is 13.1. The Bertz CT molecular complexity index is 491. The van der Waals surface area contributed by atoms with Crippen LogP contribution in [0.3, 0.4) is 0 Å². The molecule has 0 N–H and O–H groups in total. The Morgan fingerprint density at radius 2 is 2.41 bits per heavy atom. The van der Waals surface area contributed by atoms with Gasteiger partial charge in [-0.25, -0.2) is 4.98 Å². The molecule has 1 rings (SSSR count). The third-order valence-corrected chi connectivity index (χ3v) is 2.63. The number of carbonyl (C=O) groups is 2. The third kappa shape index (κ3) is 4.37. The highest BCUT2D eigenvalue weighted by Gasteiger charge is 2.05. The van der Waals surface area contributed by atoms with Gasteiger partial charge >= 0.3 is 0 Å². The molecule has 0 aliphatic carbocycles. The van der Waals surface area contributed by atoms with Crippen molar-refractivity contribution in [2.75, 3.05) is 5.75 Å². The first-order valence-corrected chi connectivity index (χ1v) is 5.85. The topological polar surface area (TPSA) is 47.0 Å². The minimum absolute atomic E-state index is 0.0373. The number of hydrogen-bond acceptors (Lipinski definition) is 4. The Hall–Kier alpha value is -1.67. The number of carbonyl (C=O) groups excluding carboxylic acids is 2. The Balaban J connectivity index is 2.68. The van der Waals surface area contributed by atoms with E-state index in [4.69, 9.17) is 0 Å². The van der Waals surface area contributed by atoms with Crippen LogP contribution in [0.1, 0.15) is 29.3 Å². The van der Waals surface area contributed by atoms with Gasteiger partial charge in [-0.2, -0.15) is 4.39 Å². The lowest BCUT2D eigenvalue weighted by atomic mass is 10.1. The molecule has 1 aromatic rings. The van der Waals surface area contributed by atoms with E-state index < -0.39 is 5.95 Å². The lowest BCUT2D eigenvalue weighted by molar-refractivity contribution is -0.109. The highest BCUT2D eigenvalue weighted by Crippen LogP contribution is 2.07. The van der Waals surface area contributed by atoms with Crippen molar-refractivity contribution >= 4 is 23.2 Å². The highest BCUT2D eigenvalue weighted by molar-refractivity contribution is 8.13. The number of rotatable bonds is 3. The minimum Gasteiger partial charge on any atom is -0.298 e. The van der Waals surface area contributed by atoms with Crippen molar-refractivity contribution in [3.8, 4) is 11.8 Å². The van der Waals surface area contributed by atoms with Gasteiger partial charge in [0.1, 0.15) is 0 Å². The first-order chi connectivity index (χ1) is 8.15. The van der Waals surface area contributed by atoms with Crippen LogP contribution < -0.4 is 0 Å². The number of aromatic nitrogens is 1. The average molecular weight is 251 g/mol. The Morgan fingerprint density at radius 3 is 3.06 bits per heavy atom. The van der Waals surface area contributed by atoms with E-state index >= 15 is 0 Å². The number of halogens is 1. The highest BCUT2D eigenvalue weighted by atomic mass is 32.2. The van der Waals surface area contributed by atoms with Crippen LogP contribution in [0.25, 0.3) is 0 Å². The summed E-state index contributed by atoms with van der Waals surface area (Å²) in [4.78, 5) is 24.6. The normalized spacial score (nSPS) is 9.29. The van der Waals surface area contributed by atoms with Crippen molar-refractivity contribution in [3.63, 3.8) is 0 Å². The van der Waals surface area contributed by atoms with Crippen LogP contribution in [0.15, 0.2) is 12.3 Å². The molecule has 0 bridgehead atoms. The summed E-state index contributed by atoms with van der Waals surface area (Å²) < 4.78 is 13.1. The molecule has 0 fully saturated rings. The van der Waals surface area contributed by atoms with Gasteiger partial charge in [0.2, 0.25) is 5.95 Å². The first-order valence-electron chi connectivity index (χ1n) is 4.87. The van der Waals surface area contributed by atoms with Gasteiger partial charge in [0.05, 0.1) is 5.56 Å². The molecule has 88 valence electrons. The first kappa shape index (κ1) is 13.4. The van der Waals surface area contributed by atoms with Crippen LogP contribution in [0, 0.1) is 17.8 Å². The second-order valence-corrected chi connectivity index (χ2v) is 4.34. The van der Waals surface area contributed by atoms with Gasteiger partial charge in [-0.15, -0.1) is 0 Å². The fourth-order valence-corrected chi connectivity index (χ4v) is 1.56. The Kier molecular flexibility index (Phi) is 5.37. The van der Waals surface area contributed by atoms with Crippen LogP contribution in [0.4, 0.5) is 4.39 Å². The molecule has 0 aliphatic heterocycles. The number of hydrogen-bond donors (Lipinski definition) is 0. The minimum atomic E-state index is -0.815. The van der Waals surface area contributed by atoms with Gasteiger partial charge in [-0.1, -0.05) is 23.6 Å². The predicted molar refractivity (Wildman–Crippen MR) is 64.2 cm³/mol. The van der Waals surface area contributed by atoms with Crippen molar-refractivity contribution in [2.24, 2.45) is 0 Å². The van der Waals surface area contributed by atoms with Gasteiger partial charge in [0, 0.05) is 30.9 Å². The molecule has 5 heteroatoms. The molecular weight excluding hydrogens is 241 g/mol. The summed E-state index contributed by atoms with van der Waals surface area (Å²) in [6.45, 7) is 1.49. The molecule has 0 spiro atoms. The largest absolute Gasteiger partial charge is 0.298 e. The second-order valence-electron chi connectivity index (χ2n) is 3.07. The predicted octanol–water partition coefficient (Wildman–Crippen LogP) is 2.05. The zero-order valence-electron chi connectivity index (χ0n) is 9.20. The van der Waals surface area contributed by atoms with E-state index in [0.717, 1.165) is 0 Å². The smallest absolute Gasteiger partial charge is 0.224 e. The van der Waals surface area contributed by atoms with Crippen molar-refractivity contribution in [1.82, 2.24) is 4.98 Å². The SMILES string of the molecule is CC(=O)SCCC#Cc1ccnc(F)c1C=O. The van der Waals surface area contributed by atoms with Crippen LogP contribution in [0.5, 0.6) is 0 Å². The van der Waals surface area contributed by atoms with E-state index in [2.05, 4.69) is 16.8 Å². The molecule has 0 aromatic carbocycles. The number of aldehydes is 1. The third-order valence-electron chi connectivity index (χ3n) is 1.81. The molecule has 0 unspecified atom stereocenters. The molecule has 0 amide bonds. The number of nitrogens with zero attached hydrogens (tertiary/aromatic N) is 1. The fourth-order valence-electron chi connectivity index (χ4n) is 1.07. The summed E-state index contributed by atoms with van der Waals surface area (Å²) in [7, 11) is 0. The van der Waals surface area contributed by atoms with E-state index in [1.165, 1.54) is 30.9 Å². The Morgan fingerprint density at radius 1 is 1.65 bits per heavy atom. The van der Waals surface area contributed by atoms with E-state index in [1.807, 2.05) is 0 Å². The van der Waals surface area contributed by atoms with Crippen molar-refractivity contribution in [2.45, 2.75) is 13.3 Å². The van der Waals surface area contributed by atoms with Gasteiger partial charge in [-0.3, -0.25) is 9.59 Å².